The number of aliphatic carboxylic acids is 1. The van der Waals surface area contributed by atoms with Crippen molar-refractivity contribution < 1.29 is 9.90 Å². The van der Waals surface area contributed by atoms with E-state index >= 15 is 0 Å². The Morgan fingerprint density at radius 3 is 2.25 bits per heavy atom. The molecule has 16 heavy (non-hydrogen) atoms. The van der Waals surface area contributed by atoms with Gasteiger partial charge < -0.3 is 5.11 Å². The molecule has 0 unspecified atom stereocenters. The van der Waals surface area contributed by atoms with Gasteiger partial charge >= 0.3 is 5.97 Å². The van der Waals surface area contributed by atoms with Crippen LogP contribution < -0.4 is 0 Å². The SMILES string of the molecule is C/C=C(/C(=O)O)c1ccc(CC(C)C)cc1. The van der Waals surface area contributed by atoms with Gasteiger partial charge in [0.1, 0.15) is 0 Å². The van der Waals surface area contributed by atoms with Crippen molar-refractivity contribution in [2.24, 2.45) is 5.92 Å². The standard InChI is InChI=1S/C14H18O2/c1-4-13(14(15)16)12-7-5-11(6-8-12)9-10(2)3/h4-8,10H,9H2,1-3H3,(H,15,16)/b13-4+. The molecule has 2 heteroatoms. The highest BCUT2D eigenvalue weighted by molar-refractivity contribution is 6.15. The van der Waals surface area contributed by atoms with Gasteiger partial charge in [0.05, 0.1) is 5.57 Å². The first-order chi connectivity index (χ1) is 7.54. The zero-order valence-electron chi connectivity index (χ0n) is 10.0. The Labute approximate surface area is 96.6 Å². The summed E-state index contributed by atoms with van der Waals surface area (Å²) in [7, 11) is 0. The molecule has 0 spiro atoms. The molecule has 1 rings (SSSR count). The van der Waals surface area contributed by atoms with Gasteiger partial charge in [0.2, 0.25) is 0 Å². The Morgan fingerprint density at radius 2 is 1.88 bits per heavy atom. The highest BCUT2D eigenvalue weighted by Gasteiger charge is 2.08. The Morgan fingerprint density at radius 1 is 1.31 bits per heavy atom. The van der Waals surface area contributed by atoms with Crippen LogP contribution in [-0.4, -0.2) is 11.1 Å². The summed E-state index contributed by atoms with van der Waals surface area (Å²) in [6.07, 6.45) is 2.65. The van der Waals surface area contributed by atoms with Gasteiger partial charge in [0.25, 0.3) is 0 Å². The van der Waals surface area contributed by atoms with Crippen molar-refractivity contribution in [2.75, 3.05) is 0 Å². The van der Waals surface area contributed by atoms with Crippen molar-refractivity contribution in [1.82, 2.24) is 0 Å². The summed E-state index contributed by atoms with van der Waals surface area (Å²) < 4.78 is 0. The fourth-order valence-electron chi connectivity index (χ4n) is 1.71. The molecule has 0 radical (unpaired) electrons. The highest BCUT2D eigenvalue weighted by Crippen LogP contribution is 2.17. The number of hydrogen-bond acceptors (Lipinski definition) is 1. The molecule has 1 aromatic rings. The van der Waals surface area contributed by atoms with Gasteiger partial charge in [0.15, 0.2) is 0 Å². The molecule has 1 N–H and O–H groups in total. The third-order valence-electron chi connectivity index (χ3n) is 2.43. The number of hydrogen-bond donors (Lipinski definition) is 1. The summed E-state index contributed by atoms with van der Waals surface area (Å²) >= 11 is 0. The average molecular weight is 218 g/mol. The lowest BCUT2D eigenvalue weighted by Crippen LogP contribution is -2.00. The lowest BCUT2D eigenvalue weighted by atomic mass is 9.99. The molecule has 0 aliphatic carbocycles. The van der Waals surface area contributed by atoms with E-state index in [1.54, 1.807) is 13.0 Å². The van der Waals surface area contributed by atoms with Gasteiger partial charge in [-0.05, 0) is 30.4 Å². The fraction of sp³-hybridized carbons (Fsp3) is 0.357. The predicted octanol–water partition coefficient (Wildman–Crippen LogP) is 3.37. The van der Waals surface area contributed by atoms with Crippen LogP contribution in [0.5, 0.6) is 0 Å². The molecular weight excluding hydrogens is 200 g/mol. The molecule has 0 heterocycles. The fourth-order valence-corrected chi connectivity index (χ4v) is 1.71. The number of carbonyl (C=O) groups is 1. The van der Waals surface area contributed by atoms with E-state index in [9.17, 15) is 4.79 Å². The molecule has 1 aromatic carbocycles. The molecule has 0 fully saturated rings. The van der Waals surface area contributed by atoms with Crippen molar-refractivity contribution in [2.45, 2.75) is 27.2 Å². The maximum atomic E-state index is 10.9. The summed E-state index contributed by atoms with van der Waals surface area (Å²) in [5, 5.41) is 8.97. The zero-order valence-corrected chi connectivity index (χ0v) is 10.0. The Balaban J connectivity index is 2.90. The van der Waals surface area contributed by atoms with Crippen LogP contribution >= 0.6 is 0 Å². The van der Waals surface area contributed by atoms with E-state index in [-0.39, 0.29) is 0 Å². The normalized spacial score (nSPS) is 11.9. The van der Waals surface area contributed by atoms with E-state index < -0.39 is 5.97 Å². The minimum Gasteiger partial charge on any atom is -0.478 e. The Hall–Kier alpha value is -1.57. The molecule has 0 aliphatic rings. The maximum absolute atomic E-state index is 10.9. The molecule has 0 saturated heterocycles. The first-order valence-corrected chi connectivity index (χ1v) is 5.53. The van der Waals surface area contributed by atoms with Crippen LogP contribution in [0.3, 0.4) is 0 Å². The maximum Gasteiger partial charge on any atom is 0.335 e. The van der Waals surface area contributed by atoms with Gasteiger partial charge in [-0.3, -0.25) is 0 Å². The van der Waals surface area contributed by atoms with E-state index in [0.717, 1.165) is 12.0 Å². The Kier molecular flexibility index (Phi) is 4.29. The van der Waals surface area contributed by atoms with Gasteiger partial charge in [-0.25, -0.2) is 4.79 Å². The first kappa shape index (κ1) is 12.5. The van der Waals surface area contributed by atoms with Crippen molar-refractivity contribution in [3.05, 3.63) is 41.5 Å². The van der Waals surface area contributed by atoms with Gasteiger partial charge in [0, 0.05) is 0 Å². The largest absolute Gasteiger partial charge is 0.478 e. The number of carboxylic acid groups (broad SMARTS) is 1. The number of benzene rings is 1. The van der Waals surface area contributed by atoms with E-state index in [0.29, 0.717) is 11.5 Å². The molecule has 0 aliphatic heterocycles. The summed E-state index contributed by atoms with van der Waals surface area (Å²) in [6, 6.07) is 7.76. The third kappa shape index (κ3) is 3.23. The average Bonchev–Trinajstić information content (AvgIpc) is 2.20. The second kappa shape index (κ2) is 5.50. The van der Waals surface area contributed by atoms with Gasteiger partial charge in [-0.15, -0.1) is 0 Å². The van der Waals surface area contributed by atoms with Crippen LogP contribution in [0.4, 0.5) is 0 Å². The third-order valence-corrected chi connectivity index (χ3v) is 2.43. The van der Waals surface area contributed by atoms with E-state index in [4.69, 9.17) is 5.11 Å². The monoisotopic (exact) mass is 218 g/mol. The van der Waals surface area contributed by atoms with E-state index in [1.165, 1.54) is 5.56 Å². The Bertz CT molecular complexity index is 386. The topological polar surface area (TPSA) is 37.3 Å². The van der Waals surface area contributed by atoms with Crippen molar-refractivity contribution in [1.29, 1.82) is 0 Å². The van der Waals surface area contributed by atoms with E-state index in [1.807, 2.05) is 24.3 Å². The minimum absolute atomic E-state index is 0.357. The van der Waals surface area contributed by atoms with E-state index in [2.05, 4.69) is 13.8 Å². The first-order valence-electron chi connectivity index (χ1n) is 5.53. The lowest BCUT2D eigenvalue weighted by Gasteiger charge is -2.06. The van der Waals surface area contributed by atoms with Gasteiger partial charge in [-0.1, -0.05) is 44.2 Å². The molecular formula is C14H18O2. The second-order valence-electron chi connectivity index (χ2n) is 4.30. The molecule has 2 nitrogen and oxygen atoms in total. The quantitative estimate of drug-likeness (QED) is 0.787. The van der Waals surface area contributed by atoms with Crippen LogP contribution in [0.1, 0.15) is 31.9 Å². The van der Waals surface area contributed by atoms with Gasteiger partial charge in [-0.2, -0.15) is 0 Å². The summed E-state index contributed by atoms with van der Waals surface area (Å²) in [4.78, 5) is 10.9. The summed E-state index contributed by atoms with van der Waals surface area (Å²) in [5.41, 5.74) is 2.37. The smallest absolute Gasteiger partial charge is 0.335 e. The number of rotatable bonds is 4. The van der Waals surface area contributed by atoms with Crippen LogP contribution in [0.2, 0.25) is 0 Å². The van der Waals surface area contributed by atoms with Crippen molar-refractivity contribution >= 4 is 11.5 Å². The van der Waals surface area contributed by atoms with Crippen molar-refractivity contribution in [3.8, 4) is 0 Å². The molecule has 0 saturated carbocycles. The zero-order chi connectivity index (χ0) is 12.1. The number of allylic oxidation sites excluding steroid dienone is 1. The lowest BCUT2D eigenvalue weighted by molar-refractivity contribution is -0.130. The summed E-state index contributed by atoms with van der Waals surface area (Å²) in [5.74, 6) is -0.259. The highest BCUT2D eigenvalue weighted by atomic mass is 16.4. The molecule has 0 atom stereocenters. The van der Waals surface area contributed by atoms with Crippen LogP contribution in [-0.2, 0) is 11.2 Å². The van der Waals surface area contributed by atoms with Crippen molar-refractivity contribution in [3.63, 3.8) is 0 Å². The molecule has 0 amide bonds. The molecule has 86 valence electrons. The predicted molar refractivity (Wildman–Crippen MR) is 66.3 cm³/mol. The van der Waals surface area contributed by atoms with Crippen LogP contribution in [0, 0.1) is 5.92 Å². The summed E-state index contributed by atoms with van der Waals surface area (Å²) in [6.45, 7) is 6.08. The second-order valence-corrected chi connectivity index (χ2v) is 4.30. The van der Waals surface area contributed by atoms with Crippen LogP contribution in [0.15, 0.2) is 30.3 Å². The minimum atomic E-state index is -0.876. The number of carboxylic acids is 1. The molecule has 0 aromatic heterocycles. The molecule has 0 bridgehead atoms. The van der Waals surface area contributed by atoms with Crippen LogP contribution in [0.25, 0.3) is 5.57 Å².